The van der Waals surface area contributed by atoms with E-state index in [2.05, 4.69) is 6.92 Å². The van der Waals surface area contributed by atoms with E-state index in [1.165, 1.54) is 0 Å². The minimum atomic E-state index is -3.42. The second kappa shape index (κ2) is 5.84. The van der Waals surface area contributed by atoms with Gasteiger partial charge in [0, 0.05) is 19.1 Å². The predicted molar refractivity (Wildman–Crippen MR) is 81.0 cm³/mol. The van der Waals surface area contributed by atoms with Gasteiger partial charge < -0.3 is 5.73 Å². The number of benzene rings is 1. The van der Waals surface area contributed by atoms with E-state index in [9.17, 15) is 8.42 Å². The molecule has 0 aromatic heterocycles. The highest BCUT2D eigenvalue weighted by atomic mass is 32.2. The van der Waals surface area contributed by atoms with Gasteiger partial charge in [0.25, 0.3) is 0 Å². The van der Waals surface area contributed by atoms with Crippen LogP contribution in [0.15, 0.2) is 23.1 Å². The Kier molecular flexibility index (Phi) is 4.52. The predicted octanol–water partition coefficient (Wildman–Crippen LogP) is 2.05. The summed E-state index contributed by atoms with van der Waals surface area (Å²) in [6.07, 6.45) is 2.02. The smallest absolute Gasteiger partial charge is 0.243 e. The lowest BCUT2D eigenvalue weighted by Crippen LogP contribution is -2.32. The van der Waals surface area contributed by atoms with Gasteiger partial charge in [-0.1, -0.05) is 25.5 Å². The van der Waals surface area contributed by atoms with Crippen molar-refractivity contribution in [3.8, 4) is 0 Å². The van der Waals surface area contributed by atoms with Crippen LogP contribution in [-0.4, -0.2) is 31.9 Å². The Bertz CT molecular complexity index is 584. The molecule has 0 saturated carbocycles. The first-order chi connectivity index (χ1) is 9.36. The lowest BCUT2D eigenvalue weighted by molar-refractivity contribution is 0.439. The van der Waals surface area contributed by atoms with E-state index in [0.29, 0.717) is 18.0 Å². The van der Waals surface area contributed by atoms with Crippen LogP contribution in [0.2, 0.25) is 0 Å². The largest absolute Gasteiger partial charge is 0.326 e. The molecule has 4 nitrogen and oxygen atoms in total. The highest BCUT2D eigenvalue weighted by Gasteiger charge is 2.37. The number of aryl methyl sites for hydroxylation is 2. The van der Waals surface area contributed by atoms with Crippen molar-refractivity contribution < 1.29 is 8.42 Å². The molecule has 0 unspecified atom stereocenters. The highest BCUT2D eigenvalue weighted by molar-refractivity contribution is 7.89. The Balaban J connectivity index is 2.30. The molecule has 1 aromatic rings. The summed E-state index contributed by atoms with van der Waals surface area (Å²) in [6.45, 7) is 6.83. The van der Waals surface area contributed by atoms with Gasteiger partial charge >= 0.3 is 0 Å². The first-order valence-corrected chi connectivity index (χ1v) is 8.63. The summed E-state index contributed by atoms with van der Waals surface area (Å²) in [5, 5.41) is 0. The molecule has 0 bridgehead atoms. The third-order valence-corrected chi connectivity index (χ3v) is 6.05. The van der Waals surface area contributed by atoms with Crippen molar-refractivity contribution >= 4 is 10.0 Å². The summed E-state index contributed by atoms with van der Waals surface area (Å²) < 4.78 is 27.1. The molecule has 112 valence electrons. The van der Waals surface area contributed by atoms with Crippen molar-refractivity contribution in [1.29, 1.82) is 0 Å². The van der Waals surface area contributed by atoms with Gasteiger partial charge in [0.2, 0.25) is 10.0 Å². The maximum Gasteiger partial charge on any atom is 0.243 e. The van der Waals surface area contributed by atoms with Gasteiger partial charge in [-0.2, -0.15) is 4.31 Å². The van der Waals surface area contributed by atoms with Crippen LogP contribution in [-0.2, 0) is 10.0 Å². The summed E-state index contributed by atoms with van der Waals surface area (Å²) in [5.74, 6) is 0.278. The molecular formula is C15H24N2O2S. The third-order valence-electron chi connectivity index (χ3n) is 4.08. The van der Waals surface area contributed by atoms with Crippen molar-refractivity contribution in [3.63, 3.8) is 0 Å². The Morgan fingerprint density at radius 1 is 1.30 bits per heavy atom. The maximum atomic E-state index is 12.8. The molecule has 1 aliphatic rings. The number of rotatable bonds is 4. The number of nitrogens with two attached hydrogens (primary N) is 1. The summed E-state index contributed by atoms with van der Waals surface area (Å²) in [7, 11) is -3.42. The molecule has 2 rings (SSSR count). The number of hydrogen-bond donors (Lipinski definition) is 1. The van der Waals surface area contributed by atoms with E-state index < -0.39 is 10.0 Å². The Labute approximate surface area is 122 Å². The molecule has 1 saturated heterocycles. The molecule has 0 aliphatic carbocycles. The van der Waals surface area contributed by atoms with Crippen LogP contribution in [0.25, 0.3) is 0 Å². The van der Waals surface area contributed by atoms with E-state index in [1.54, 1.807) is 10.4 Å². The molecule has 0 spiro atoms. The van der Waals surface area contributed by atoms with Crippen molar-refractivity contribution in [3.05, 3.63) is 29.3 Å². The third kappa shape index (κ3) is 2.90. The normalized spacial score (nSPS) is 24.2. The van der Waals surface area contributed by atoms with Crippen LogP contribution in [0.4, 0.5) is 0 Å². The van der Waals surface area contributed by atoms with Crippen molar-refractivity contribution in [1.82, 2.24) is 4.31 Å². The molecule has 0 radical (unpaired) electrons. The lowest BCUT2D eigenvalue weighted by Gasteiger charge is -2.18. The van der Waals surface area contributed by atoms with Crippen molar-refractivity contribution in [2.45, 2.75) is 44.6 Å². The molecule has 1 aliphatic heterocycles. The van der Waals surface area contributed by atoms with Crippen LogP contribution < -0.4 is 5.73 Å². The Morgan fingerprint density at radius 2 is 2.00 bits per heavy atom. The average Bonchev–Trinajstić information content (AvgIpc) is 2.75. The molecule has 20 heavy (non-hydrogen) atoms. The fourth-order valence-electron chi connectivity index (χ4n) is 2.85. The van der Waals surface area contributed by atoms with Gasteiger partial charge in [-0.05, 0) is 43.4 Å². The Morgan fingerprint density at radius 3 is 2.65 bits per heavy atom. The fourth-order valence-corrected chi connectivity index (χ4v) is 4.70. The van der Waals surface area contributed by atoms with Gasteiger partial charge in [-0.3, -0.25) is 0 Å². The van der Waals surface area contributed by atoms with Crippen LogP contribution in [0.1, 0.15) is 30.9 Å². The maximum absolute atomic E-state index is 12.8. The minimum absolute atomic E-state index is 0.0464. The molecule has 1 aromatic carbocycles. The van der Waals surface area contributed by atoms with E-state index in [4.69, 9.17) is 5.73 Å². The van der Waals surface area contributed by atoms with Crippen LogP contribution >= 0.6 is 0 Å². The molecule has 2 N–H and O–H groups in total. The zero-order chi connectivity index (χ0) is 14.9. The number of sulfonamides is 1. The van der Waals surface area contributed by atoms with Crippen LogP contribution in [0.5, 0.6) is 0 Å². The zero-order valence-corrected chi connectivity index (χ0v) is 13.3. The Hall–Kier alpha value is -0.910. The molecule has 1 heterocycles. The summed E-state index contributed by atoms with van der Waals surface area (Å²) in [5.41, 5.74) is 7.85. The monoisotopic (exact) mass is 296 g/mol. The van der Waals surface area contributed by atoms with E-state index in [1.807, 2.05) is 26.0 Å². The molecule has 1 fully saturated rings. The summed E-state index contributed by atoms with van der Waals surface area (Å²) in [4.78, 5) is 0.418. The topological polar surface area (TPSA) is 63.4 Å². The van der Waals surface area contributed by atoms with Crippen molar-refractivity contribution in [2.24, 2.45) is 11.7 Å². The quantitative estimate of drug-likeness (QED) is 0.925. The van der Waals surface area contributed by atoms with Crippen LogP contribution in [0, 0.1) is 19.8 Å². The molecular weight excluding hydrogens is 272 g/mol. The second-order valence-electron chi connectivity index (χ2n) is 5.80. The zero-order valence-electron chi connectivity index (χ0n) is 12.5. The molecule has 5 heteroatoms. The standard InChI is InChI=1S/C15H24N2O2S/c1-4-5-13-9-17(10-14(13)16)20(18,19)15-8-11(2)6-7-12(15)3/h6-8,13-14H,4-5,9-10,16H2,1-3H3/t13-,14-/m0/s1. The minimum Gasteiger partial charge on any atom is -0.326 e. The highest BCUT2D eigenvalue weighted by Crippen LogP contribution is 2.28. The fraction of sp³-hybridized carbons (Fsp3) is 0.600. The SMILES string of the molecule is CCC[C@H]1CN(S(=O)(=O)c2cc(C)ccc2C)C[C@@H]1N. The molecule has 0 amide bonds. The number of nitrogens with zero attached hydrogens (tertiary/aromatic N) is 1. The number of hydrogen-bond acceptors (Lipinski definition) is 3. The van der Waals surface area contributed by atoms with Crippen LogP contribution in [0.3, 0.4) is 0 Å². The van der Waals surface area contributed by atoms with Gasteiger partial charge in [0.15, 0.2) is 0 Å². The van der Waals surface area contributed by atoms with Gasteiger partial charge in [0.05, 0.1) is 4.90 Å². The first kappa shape index (κ1) is 15.5. The van der Waals surface area contributed by atoms with E-state index in [0.717, 1.165) is 24.0 Å². The van der Waals surface area contributed by atoms with Gasteiger partial charge in [0.1, 0.15) is 0 Å². The van der Waals surface area contributed by atoms with Gasteiger partial charge in [-0.15, -0.1) is 0 Å². The lowest BCUT2D eigenvalue weighted by atomic mass is 9.99. The van der Waals surface area contributed by atoms with Crippen molar-refractivity contribution in [2.75, 3.05) is 13.1 Å². The van der Waals surface area contributed by atoms with Gasteiger partial charge in [-0.25, -0.2) is 8.42 Å². The summed E-state index contributed by atoms with van der Waals surface area (Å²) >= 11 is 0. The summed E-state index contributed by atoms with van der Waals surface area (Å²) in [6, 6.07) is 5.50. The van der Waals surface area contributed by atoms with E-state index >= 15 is 0 Å². The second-order valence-corrected chi connectivity index (χ2v) is 7.71. The molecule has 2 atom stereocenters. The van der Waals surface area contributed by atoms with E-state index in [-0.39, 0.29) is 12.0 Å². The first-order valence-electron chi connectivity index (χ1n) is 7.19. The average molecular weight is 296 g/mol.